The number of amides is 1. The zero-order valence-electron chi connectivity index (χ0n) is 17.0. The maximum absolute atomic E-state index is 12.3. The molecule has 0 bridgehead atoms. The Balaban J connectivity index is 1.98. The van der Waals surface area contributed by atoms with E-state index in [0.717, 1.165) is 5.56 Å². The molecule has 2 rings (SSSR count). The largest absolute Gasteiger partial charge is 0.496 e. The molecule has 0 radical (unpaired) electrons. The Morgan fingerprint density at radius 1 is 1.18 bits per heavy atom. The molecule has 0 saturated heterocycles. The fraction of sp³-hybridized carbons (Fsp3) is 0.381. The first-order valence-corrected chi connectivity index (χ1v) is 9.00. The Morgan fingerprint density at radius 2 is 1.82 bits per heavy atom. The van der Waals surface area contributed by atoms with E-state index in [1.54, 1.807) is 6.07 Å². The van der Waals surface area contributed by atoms with Crippen LogP contribution >= 0.6 is 0 Å². The fourth-order valence-electron chi connectivity index (χ4n) is 2.81. The maximum Gasteiger partial charge on any atom is 0.296 e. The number of methoxy groups -OCH3 is 1. The molecule has 0 aliphatic carbocycles. The topological polar surface area (TPSA) is 84.7 Å². The standard InChI is InChI=1S/C21H27N3O4/c1-21(2,3)16-8-6-15(7-9-16)13-23(4)14-20(25)22-18-11-10-17(28-5)12-19(18)24(26)27/h6-12H,13-14H2,1-5H3,(H,22,25). The van der Waals surface area contributed by atoms with Gasteiger partial charge in [0.05, 0.1) is 24.6 Å². The molecule has 0 unspecified atom stereocenters. The number of ether oxygens (including phenoxy) is 1. The Bertz CT molecular complexity index is 842. The average Bonchev–Trinajstić information content (AvgIpc) is 2.61. The third-order valence-corrected chi connectivity index (χ3v) is 4.36. The normalized spacial score (nSPS) is 11.4. The van der Waals surface area contributed by atoms with E-state index in [-0.39, 0.29) is 29.2 Å². The first-order valence-electron chi connectivity index (χ1n) is 9.00. The molecule has 0 spiro atoms. The minimum absolute atomic E-state index is 0.0946. The minimum atomic E-state index is -0.543. The van der Waals surface area contributed by atoms with Gasteiger partial charge in [-0.1, -0.05) is 45.0 Å². The molecule has 1 amide bonds. The van der Waals surface area contributed by atoms with Crippen LogP contribution in [0.3, 0.4) is 0 Å². The molecule has 0 aliphatic heterocycles. The van der Waals surface area contributed by atoms with Gasteiger partial charge in [0.25, 0.3) is 5.69 Å². The third kappa shape index (κ3) is 5.79. The molecule has 7 nitrogen and oxygen atoms in total. The van der Waals surface area contributed by atoms with E-state index < -0.39 is 4.92 Å². The number of hydrogen-bond acceptors (Lipinski definition) is 5. The van der Waals surface area contributed by atoms with Gasteiger partial charge in [0, 0.05) is 6.54 Å². The quantitative estimate of drug-likeness (QED) is 0.576. The zero-order chi connectivity index (χ0) is 20.9. The van der Waals surface area contributed by atoms with E-state index >= 15 is 0 Å². The second kappa shape index (κ2) is 8.84. The summed E-state index contributed by atoms with van der Waals surface area (Å²) in [7, 11) is 3.26. The van der Waals surface area contributed by atoms with Crippen LogP contribution in [-0.4, -0.2) is 36.4 Å². The lowest BCUT2D eigenvalue weighted by Crippen LogP contribution is -2.30. The summed E-state index contributed by atoms with van der Waals surface area (Å²) in [6.07, 6.45) is 0. The van der Waals surface area contributed by atoms with Crippen molar-refractivity contribution >= 4 is 17.3 Å². The summed E-state index contributed by atoms with van der Waals surface area (Å²) in [6, 6.07) is 12.7. The summed E-state index contributed by atoms with van der Waals surface area (Å²) < 4.78 is 5.00. The highest BCUT2D eigenvalue weighted by Gasteiger charge is 2.18. The number of carbonyl (C=O) groups excluding carboxylic acids is 1. The predicted octanol–water partition coefficient (Wildman–Crippen LogP) is 3.97. The number of hydrogen-bond donors (Lipinski definition) is 1. The van der Waals surface area contributed by atoms with E-state index in [1.807, 2.05) is 11.9 Å². The number of rotatable bonds is 7. The van der Waals surface area contributed by atoms with Crippen LogP contribution in [-0.2, 0) is 16.8 Å². The SMILES string of the molecule is COc1ccc(NC(=O)CN(C)Cc2ccc(C(C)(C)C)cc2)c([N+](=O)[O-])c1. The van der Waals surface area contributed by atoms with Crippen LogP contribution < -0.4 is 10.1 Å². The lowest BCUT2D eigenvalue weighted by Gasteiger charge is -2.20. The van der Waals surface area contributed by atoms with E-state index in [2.05, 4.69) is 50.4 Å². The van der Waals surface area contributed by atoms with Crippen LogP contribution in [0.1, 0.15) is 31.9 Å². The highest BCUT2D eigenvalue weighted by molar-refractivity contribution is 5.94. The fourth-order valence-corrected chi connectivity index (χ4v) is 2.81. The molecule has 0 fully saturated rings. The summed E-state index contributed by atoms with van der Waals surface area (Å²) in [5.41, 5.74) is 2.39. The average molecular weight is 385 g/mol. The number of nitro groups is 1. The van der Waals surface area contributed by atoms with Crippen LogP contribution in [0, 0.1) is 10.1 Å². The van der Waals surface area contributed by atoms with E-state index in [0.29, 0.717) is 12.3 Å². The van der Waals surface area contributed by atoms with Gasteiger partial charge in [-0.2, -0.15) is 0 Å². The van der Waals surface area contributed by atoms with E-state index in [4.69, 9.17) is 4.74 Å². The maximum atomic E-state index is 12.3. The molecule has 2 aromatic carbocycles. The highest BCUT2D eigenvalue weighted by atomic mass is 16.6. The number of nitrogens with zero attached hydrogens (tertiary/aromatic N) is 2. The predicted molar refractivity (Wildman–Crippen MR) is 110 cm³/mol. The minimum Gasteiger partial charge on any atom is -0.496 e. The Morgan fingerprint density at radius 3 is 2.36 bits per heavy atom. The van der Waals surface area contributed by atoms with Crippen LogP contribution in [0.25, 0.3) is 0 Å². The third-order valence-electron chi connectivity index (χ3n) is 4.36. The van der Waals surface area contributed by atoms with Gasteiger partial charge in [0.15, 0.2) is 0 Å². The molecule has 0 heterocycles. The number of nitrogens with one attached hydrogen (secondary N) is 1. The molecule has 1 N–H and O–H groups in total. The molecule has 7 heteroatoms. The van der Waals surface area contributed by atoms with Gasteiger partial charge in [0.2, 0.25) is 5.91 Å². The highest BCUT2D eigenvalue weighted by Crippen LogP contribution is 2.29. The second-order valence-electron chi connectivity index (χ2n) is 7.81. The van der Waals surface area contributed by atoms with Crippen molar-refractivity contribution < 1.29 is 14.5 Å². The zero-order valence-corrected chi connectivity index (χ0v) is 17.0. The smallest absolute Gasteiger partial charge is 0.296 e. The van der Waals surface area contributed by atoms with Gasteiger partial charge >= 0.3 is 0 Å². The molecule has 150 valence electrons. The number of carbonyl (C=O) groups is 1. The molecule has 0 aliphatic rings. The van der Waals surface area contributed by atoms with Gasteiger partial charge in [-0.3, -0.25) is 19.8 Å². The van der Waals surface area contributed by atoms with Crippen molar-refractivity contribution in [3.05, 3.63) is 63.7 Å². The Labute approximate surface area is 165 Å². The number of likely N-dealkylation sites (N-methyl/N-ethyl adjacent to an activating group) is 1. The molecule has 0 atom stereocenters. The van der Waals surface area contributed by atoms with E-state index in [1.165, 1.54) is 24.8 Å². The summed E-state index contributed by atoms with van der Waals surface area (Å²) >= 11 is 0. The van der Waals surface area contributed by atoms with Crippen LogP contribution in [0.15, 0.2) is 42.5 Å². The van der Waals surface area contributed by atoms with Crippen molar-refractivity contribution in [2.45, 2.75) is 32.7 Å². The molecular formula is C21H27N3O4. The first kappa shape index (κ1) is 21.4. The first-order chi connectivity index (χ1) is 13.1. The van der Waals surface area contributed by atoms with Crippen molar-refractivity contribution in [2.75, 3.05) is 26.0 Å². The molecular weight excluding hydrogens is 358 g/mol. The van der Waals surface area contributed by atoms with Gasteiger partial charge in [-0.05, 0) is 35.7 Å². The number of benzene rings is 2. The van der Waals surface area contributed by atoms with E-state index in [9.17, 15) is 14.9 Å². The van der Waals surface area contributed by atoms with Crippen LogP contribution in [0.4, 0.5) is 11.4 Å². The lowest BCUT2D eigenvalue weighted by molar-refractivity contribution is -0.384. The van der Waals surface area contributed by atoms with Gasteiger partial charge in [-0.15, -0.1) is 0 Å². The molecule has 28 heavy (non-hydrogen) atoms. The molecule has 0 aromatic heterocycles. The summed E-state index contributed by atoms with van der Waals surface area (Å²) in [6.45, 7) is 7.21. The number of anilines is 1. The summed E-state index contributed by atoms with van der Waals surface area (Å²) in [5, 5.41) is 13.8. The van der Waals surface area contributed by atoms with Crippen molar-refractivity contribution in [3.63, 3.8) is 0 Å². The molecule has 0 saturated carbocycles. The summed E-state index contributed by atoms with van der Waals surface area (Å²) in [4.78, 5) is 24.9. The van der Waals surface area contributed by atoms with Gasteiger partial charge < -0.3 is 10.1 Å². The Kier molecular flexibility index (Phi) is 6.75. The summed E-state index contributed by atoms with van der Waals surface area (Å²) in [5.74, 6) is 0.0441. The second-order valence-corrected chi connectivity index (χ2v) is 7.81. The van der Waals surface area contributed by atoms with Crippen LogP contribution in [0.2, 0.25) is 0 Å². The Hall–Kier alpha value is -2.93. The van der Waals surface area contributed by atoms with Gasteiger partial charge in [-0.25, -0.2) is 0 Å². The van der Waals surface area contributed by atoms with Crippen molar-refractivity contribution in [2.24, 2.45) is 0 Å². The van der Waals surface area contributed by atoms with Crippen LogP contribution in [0.5, 0.6) is 5.75 Å². The number of nitro benzene ring substituents is 1. The molecule has 2 aromatic rings. The van der Waals surface area contributed by atoms with Crippen molar-refractivity contribution in [1.82, 2.24) is 4.90 Å². The monoisotopic (exact) mass is 385 g/mol. The lowest BCUT2D eigenvalue weighted by atomic mass is 9.87. The van der Waals surface area contributed by atoms with Crippen molar-refractivity contribution in [3.8, 4) is 5.75 Å². The van der Waals surface area contributed by atoms with Gasteiger partial charge in [0.1, 0.15) is 11.4 Å². The van der Waals surface area contributed by atoms with Crippen molar-refractivity contribution in [1.29, 1.82) is 0 Å².